The van der Waals surface area contributed by atoms with E-state index in [1.165, 1.54) is 0 Å². The Morgan fingerprint density at radius 3 is 2.38 bits per heavy atom. The monoisotopic (exact) mass is 413 g/mol. The van der Waals surface area contributed by atoms with Gasteiger partial charge in [-0.15, -0.1) is 6.58 Å². The lowest BCUT2D eigenvalue weighted by atomic mass is 10.00. The molecule has 1 atom stereocenters. The Bertz CT molecular complexity index is 791. The molecule has 1 N–H and O–H groups in total. The number of hydrazone groups is 1. The van der Waals surface area contributed by atoms with Gasteiger partial charge in [-0.05, 0) is 33.8 Å². The lowest BCUT2D eigenvalue weighted by molar-refractivity contribution is -0.140. The van der Waals surface area contributed by atoms with Crippen LogP contribution < -0.4 is 5.32 Å². The Morgan fingerprint density at radius 2 is 1.86 bits per heavy atom. The van der Waals surface area contributed by atoms with Gasteiger partial charge in [0.1, 0.15) is 5.82 Å². The average molecular weight is 413 g/mol. The molecule has 1 aromatic carbocycles. The molecule has 0 spiro atoms. The summed E-state index contributed by atoms with van der Waals surface area (Å²) in [6.07, 6.45) is -3.00. The smallest absolute Gasteiger partial charge is 0.338 e. The number of halogens is 4. The standard InChI is InChI=1S/C17H21F4N5.C3H6/c1-10(2)24-26-11(3)12-8-13(17(19,20)21)14(18)9-15(12)23-16(26)25-6-4-22-5-7-25;1-3-2/h8-9,11,22H,4-7H2,1-3H3;3H,1H2,2H3. The van der Waals surface area contributed by atoms with Crippen LogP contribution in [0.2, 0.25) is 0 Å². The molecule has 1 aromatic rings. The predicted octanol–water partition coefficient (Wildman–Crippen LogP) is 4.70. The summed E-state index contributed by atoms with van der Waals surface area (Å²) < 4.78 is 53.3. The van der Waals surface area contributed by atoms with E-state index in [1.807, 2.05) is 25.7 Å². The number of alkyl halides is 3. The molecule has 2 aliphatic heterocycles. The fraction of sp³-hybridized carbons (Fsp3) is 0.500. The molecular formula is C20H27F4N5. The molecular weight excluding hydrogens is 386 g/mol. The number of guanidine groups is 1. The Morgan fingerprint density at radius 1 is 1.28 bits per heavy atom. The molecule has 3 rings (SSSR count). The minimum Gasteiger partial charge on any atom is -0.338 e. The van der Waals surface area contributed by atoms with Crippen LogP contribution >= 0.6 is 0 Å². The number of nitrogens with one attached hydrogen (secondary N) is 1. The molecule has 0 saturated carbocycles. The van der Waals surface area contributed by atoms with Crippen molar-refractivity contribution in [1.29, 1.82) is 0 Å². The maximum absolute atomic E-state index is 14.0. The molecule has 1 fully saturated rings. The van der Waals surface area contributed by atoms with Gasteiger partial charge in [-0.3, -0.25) is 0 Å². The highest BCUT2D eigenvalue weighted by molar-refractivity contribution is 5.88. The van der Waals surface area contributed by atoms with Gasteiger partial charge in [-0.2, -0.15) is 18.3 Å². The van der Waals surface area contributed by atoms with Crippen molar-refractivity contribution in [2.45, 2.75) is 39.9 Å². The molecule has 160 valence electrons. The first kappa shape index (κ1) is 22.9. The Kier molecular flexibility index (Phi) is 7.40. The van der Waals surface area contributed by atoms with Gasteiger partial charge in [-0.25, -0.2) is 14.4 Å². The molecule has 1 saturated heterocycles. The van der Waals surface area contributed by atoms with Crippen LogP contribution in [0.5, 0.6) is 0 Å². The van der Waals surface area contributed by atoms with Gasteiger partial charge in [-0.1, -0.05) is 6.08 Å². The van der Waals surface area contributed by atoms with Crippen LogP contribution in [0.3, 0.4) is 0 Å². The van der Waals surface area contributed by atoms with Crippen LogP contribution in [0, 0.1) is 5.82 Å². The Labute approximate surface area is 168 Å². The number of piperazine rings is 1. The summed E-state index contributed by atoms with van der Waals surface area (Å²) in [6.45, 7) is 13.5. The van der Waals surface area contributed by atoms with Crippen LogP contribution in [0.4, 0.5) is 23.2 Å². The zero-order chi connectivity index (χ0) is 21.8. The van der Waals surface area contributed by atoms with Gasteiger partial charge < -0.3 is 10.2 Å². The van der Waals surface area contributed by atoms with Gasteiger partial charge in [0.05, 0.1) is 17.3 Å². The summed E-state index contributed by atoms with van der Waals surface area (Å²) in [5.74, 6) is -0.776. The topological polar surface area (TPSA) is 43.2 Å². The summed E-state index contributed by atoms with van der Waals surface area (Å²) in [5.41, 5.74) is 0.00158. The minimum atomic E-state index is -4.75. The van der Waals surface area contributed by atoms with E-state index in [2.05, 4.69) is 22.0 Å². The summed E-state index contributed by atoms with van der Waals surface area (Å²) in [6, 6.07) is 1.22. The first-order chi connectivity index (χ1) is 13.6. The molecule has 29 heavy (non-hydrogen) atoms. The third-order valence-corrected chi connectivity index (χ3v) is 4.37. The fourth-order valence-corrected chi connectivity index (χ4v) is 3.12. The highest BCUT2D eigenvalue weighted by atomic mass is 19.4. The zero-order valence-electron chi connectivity index (χ0n) is 17.1. The Hall–Kier alpha value is -2.42. The van der Waals surface area contributed by atoms with E-state index in [1.54, 1.807) is 18.0 Å². The van der Waals surface area contributed by atoms with E-state index < -0.39 is 23.6 Å². The van der Waals surface area contributed by atoms with Crippen LogP contribution in [-0.4, -0.2) is 47.8 Å². The first-order valence-corrected chi connectivity index (χ1v) is 9.43. The maximum atomic E-state index is 14.0. The van der Waals surface area contributed by atoms with Crippen molar-refractivity contribution in [3.63, 3.8) is 0 Å². The summed E-state index contributed by atoms with van der Waals surface area (Å²) >= 11 is 0. The molecule has 0 aliphatic carbocycles. The summed E-state index contributed by atoms with van der Waals surface area (Å²) in [5, 5.41) is 9.33. The highest BCUT2D eigenvalue weighted by Gasteiger charge is 2.38. The zero-order valence-corrected chi connectivity index (χ0v) is 17.1. The van der Waals surface area contributed by atoms with Gasteiger partial charge in [0, 0.05) is 43.5 Å². The van der Waals surface area contributed by atoms with Crippen molar-refractivity contribution < 1.29 is 17.6 Å². The number of rotatable bonds is 1. The second-order valence-electron chi connectivity index (χ2n) is 7.01. The van der Waals surface area contributed by atoms with Crippen LogP contribution in [-0.2, 0) is 6.18 Å². The van der Waals surface area contributed by atoms with E-state index in [4.69, 9.17) is 0 Å². The number of nitrogens with zero attached hydrogens (tertiary/aromatic N) is 4. The number of hydrogen-bond donors (Lipinski definition) is 1. The summed E-state index contributed by atoms with van der Waals surface area (Å²) in [4.78, 5) is 6.48. The van der Waals surface area contributed by atoms with Crippen molar-refractivity contribution in [1.82, 2.24) is 15.2 Å². The third kappa shape index (κ3) is 5.35. The van der Waals surface area contributed by atoms with Gasteiger partial charge in [0.2, 0.25) is 5.96 Å². The summed E-state index contributed by atoms with van der Waals surface area (Å²) in [7, 11) is 0. The van der Waals surface area contributed by atoms with Crippen molar-refractivity contribution in [3.05, 3.63) is 41.7 Å². The SMILES string of the molecule is C=CC.CC(C)=NN1C(N2CCNCC2)=Nc2cc(F)c(C(F)(F)F)cc2C1C. The lowest BCUT2D eigenvalue weighted by Gasteiger charge is -2.40. The van der Waals surface area contributed by atoms with Crippen molar-refractivity contribution >= 4 is 17.4 Å². The highest BCUT2D eigenvalue weighted by Crippen LogP contribution is 2.41. The predicted molar refractivity (Wildman–Crippen MR) is 108 cm³/mol. The largest absolute Gasteiger partial charge is 0.419 e. The van der Waals surface area contributed by atoms with Crippen molar-refractivity contribution in [3.8, 4) is 0 Å². The van der Waals surface area contributed by atoms with Gasteiger partial charge in [0.25, 0.3) is 0 Å². The van der Waals surface area contributed by atoms with E-state index in [9.17, 15) is 17.6 Å². The normalized spacial score (nSPS) is 18.9. The molecule has 5 nitrogen and oxygen atoms in total. The average Bonchev–Trinajstić information content (AvgIpc) is 2.63. The molecule has 0 radical (unpaired) electrons. The molecule has 2 heterocycles. The number of hydrogen-bond acceptors (Lipinski definition) is 5. The van der Waals surface area contributed by atoms with Gasteiger partial charge in [0.15, 0.2) is 0 Å². The number of fused-ring (bicyclic) bond motifs is 1. The molecule has 9 heteroatoms. The second kappa shape index (κ2) is 9.39. The van der Waals surface area contributed by atoms with E-state index >= 15 is 0 Å². The lowest BCUT2D eigenvalue weighted by Crippen LogP contribution is -2.52. The van der Waals surface area contributed by atoms with Crippen molar-refractivity contribution in [2.75, 3.05) is 26.2 Å². The molecule has 2 aliphatic rings. The minimum absolute atomic E-state index is 0.219. The number of benzene rings is 1. The van der Waals surface area contributed by atoms with E-state index in [0.29, 0.717) is 24.6 Å². The Balaban J connectivity index is 0.000000941. The van der Waals surface area contributed by atoms with E-state index in [-0.39, 0.29) is 5.69 Å². The third-order valence-electron chi connectivity index (χ3n) is 4.37. The fourth-order valence-electron chi connectivity index (χ4n) is 3.12. The second-order valence-corrected chi connectivity index (χ2v) is 7.01. The van der Waals surface area contributed by atoms with Crippen LogP contribution in [0.1, 0.15) is 44.9 Å². The van der Waals surface area contributed by atoms with Crippen molar-refractivity contribution in [2.24, 2.45) is 10.1 Å². The molecule has 1 unspecified atom stereocenters. The quantitative estimate of drug-likeness (QED) is 0.412. The molecule has 0 aromatic heterocycles. The van der Waals surface area contributed by atoms with Gasteiger partial charge >= 0.3 is 6.18 Å². The van der Waals surface area contributed by atoms with E-state index in [0.717, 1.165) is 30.9 Å². The van der Waals surface area contributed by atoms with Crippen LogP contribution in [0.25, 0.3) is 0 Å². The molecule has 0 amide bonds. The molecule has 0 bridgehead atoms. The van der Waals surface area contributed by atoms with Crippen LogP contribution in [0.15, 0.2) is 34.9 Å². The number of aliphatic imine (C=N–C) groups is 1. The maximum Gasteiger partial charge on any atom is 0.419 e. The first-order valence-electron chi connectivity index (χ1n) is 9.43. The number of allylic oxidation sites excluding steroid dienone is 1.